The number of nitrogens with zero attached hydrogens (tertiary/aromatic N) is 4. The largest absolute Gasteiger partial charge is 0.367 e. The Bertz CT molecular complexity index is 912. The molecule has 2 heterocycles. The molecule has 0 unspecified atom stereocenters. The van der Waals surface area contributed by atoms with Gasteiger partial charge in [0.1, 0.15) is 0 Å². The van der Waals surface area contributed by atoms with Crippen LogP contribution in [0.2, 0.25) is 0 Å². The fourth-order valence-electron chi connectivity index (χ4n) is 3.44. The average Bonchev–Trinajstić information content (AvgIpc) is 3.23. The smallest absolute Gasteiger partial charge is 0.255 e. The van der Waals surface area contributed by atoms with E-state index in [4.69, 9.17) is 0 Å². The van der Waals surface area contributed by atoms with Crippen LogP contribution < -0.4 is 10.2 Å². The number of piperazine rings is 1. The number of para-hydroxylation sites is 2. The molecule has 1 aliphatic heterocycles. The molecule has 2 aromatic carbocycles. The number of carbonyl (C=O) groups is 1. The number of amides is 1. The van der Waals surface area contributed by atoms with Gasteiger partial charge in [-0.1, -0.05) is 24.3 Å². The predicted octanol–water partition coefficient (Wildman–Crippen LogP) is 2.94. The molecule has 3 aromatic rings. The van der Waals surface area contributed by atoms with E-state index in [9.17, 15) is 4.79 Å². The number of anilines is 2. The third kappa shape index (κ3) is 4.23. The molecule has 0 aliphatic carbocycles. The first kappa shape index (κ1) is 18.3. The minimum Gasteiger partial charge on any atom is -0.367 e. The van der Waals surface area contributed by atoms with Crippen molar-refractivity contribution in [1.82, 2.24) is 14.7 Å². The maximum absolute atomic E-state index is 12.8. The van der Waals surface area contributed by atoms with Gasteiger partial charge in [-0.2, -0.15) is 5.10 Å². The molecule has 0 spiro atoms. The second-order valence-corrected chi connectivity index (χ2v) is 7.16. The lowest BCUT2D eigenvalue weighted by atomic mass is 10.1. The van der Waals surface area contributed by atoms with Crippen LogP contribution in [0.3, 0.4) is 0 Å². The molecule has 0 atom stereocenters. The van der Waals surface area contributed by atoms with Crippen LogP contribution >= 0.6 is 0 Å². The van der Waals surface area contributed by atoms with Crippen LogP contribution in [0.15, 0.2) is 67.0 Å². The summed E-state index contributed by atoms with van der Waals surface area (Å²) < 4.78 is 1.86. The van der Waals surface area contributed by atoms with Gasteiger partial charge in [-0.15, -0.1) is 0 Å². The Morgan fingerprint density at radius 3 is 2.46 bits per heavy atom. The van der Waals surface area contributed by atoms with E-state index in [1.165, 1.54) is 0 Å². The lowest BCUT2D eigenvalue weighted by Gasteiger charge is -2.35. The first-order valence-corrected chi connectivity index (χ1v) is 9.59. The van der Waals surface area contributed by atoms with E-state index < -0.39 is 0 Å². The third-order valence-corrected chi connectivity index (χ3v) is 5.12. The second-order valence-electron chi connectivity index (χ2n) is 7.16. The molecule has 0 radical (unpaired) electrons. The molecule has 28 heavy (non-hydrogen) atoms. The molecule has 0 saturated carbocycles. The number of hydrogen-bond acceptors (Lipinski definition) is 4. The lowest BCUT2D eigenvalue weighted by molar-refractivity contribution is 0.102. The quantitative estimate of drug-likeness (QED) is 0.745. The Hall–Kier alpha value is -3.12. The molecule has 1 amide bonds. The van der Waals surface area contributed by atoms with Crippen molar-refractivity contribution in [3.8, 4) is 0 Å². The highest BCUT2D eigenvalue weighted by molar-refractivity contribution is 6.06. The number of rotatable bonds is 5. The lowest BCUT2D eigenvalue weighted by Crippen LogP contribution is -2.44. The van der Waals surface area contributed by atoms with Gasteiger partial charge in [0.25, 0.3) is 5.91 Å². The number of nitrogens with one attached hydrogen (secondary N) is 1. The molecular formula is C22H25N5O. The average molecular weight is 375 g/mol. The molecule has 1 aliphatic rings. The van der Waals surface area contributed by atoms with Crippen LogP contribution in [0.5, 0.6) is 0 Å². The fraction of sp³-hybridized carbons (Fsp3) is 0.273. The summed E-state index contributed by atoms with van der Waals surface area (Å²) in [6.45, 7) is 4.68. The summed E-state index contributed by atoms with van der Waals surface area (Å²) in [6.07, 6.45) is 3.69. The summed E-state index contributed by atoms with van der Waals surface area (Å²) in [5, 5.41) is 7.30. The highest BCUT2D eigenvalue weighted by Crippen LogP contribution is 2.27. The van der Waals surface area contributed by atoms with Gasteiger partial charge in [0, 0.05) is 44.1 Å². The van der Waals surface area contributed by atoms with Gasteiger partial charge in [-0.3, -0.25) is 9.48 Å². The fourth-order valence-corrected chi connectivity index (χ4v) is 3.44. The second kappa shape index (κ2) is 8.27. The molecule has 1 fully saturated rings. The third-order valence-electron chi connectivity index (χ3n) is 5.12. The van der Waals surface area contributed by atoms with E-state index >= 15 is 0 Å². The molecule has 1 aromatic heterocycles. The van der Waals surface area contributed by atoms with Crippen LogP contribution in [0.4, 0.5) is 11.4 Å². The van der Waals surface area contributed by atoms with Crippen LogP contribution in [0.1, 0.15) is 15.9 Å². The first-order valence-electron chi connectivity index (χ1n) is 9.59. The van der Waals surface area contributed by atoms with Gasteiger partial charge < -0.3 is 15.1 Å². The van der Waals surface area contributed by atoms with Gasteiger partial charge >= 0.3 is 0 Å². The minimum atomic E-state index is -0.0905. The van der Waals surface area contributed by atoms with Crippen LogP contribution in [-0.4, -0.2) is 53.8 Å². The Balaban J connectivity index is 1.45. The normalized spacial score (nSPS) is 14.8. The molecule has 1 N–H and O–H groups in total. The van der Waals surface area contributed by atoms with Crippen molar-refractivity contribution in [1.29, 1.82) is 0 Å². The van der Waals surface area contributed by atoms with Crippen molar-refractivity contribution >= 4 is 17.3 Å². The van der Waals surface area contributed by atoms with E-state index in [-0.39, 0.29) is 5.91 Å². The van der Waals surface area contributed by atoms with E-state index in [0.29, 0.717) is 12.1 Å². The maximum atomic E-state index is 12.8. The number of benzene rings is 2. The SMILES string of the molecule is CN1CCN(c2ccccc2NC(=O)c2ccc(Cn3cccn3)cc2)CC1. The van der Waals surface area contributed by atoms with Crippen molar-refractivity contribution in [2.24, 2.45) is 0 Å². The Morgan fingerprint density at radius 2 is 1.75 bits per heavy atom. The van der Waals surface area contributed by atoms with Gasteiger partial charge in [-0.25, -0.2) is 0 Å². The summed E-state index contributed by atoms with van der Waals surface area (Å²) in [5.74, 6) is -0.0905. The summed E-state index contributed by atoms with van der Waals surface area (Å²) >= 11 is 0. The molecule has 4 rings (SSSR count). The maximum Gasteiger partial charge on any atom is 0.255 e. The van der Waals surface area contributed by atoms with Crippen LogP contribution in [-0.2, 0) is 6.54 Å². The molecular weight excluding hydrogens is 350 g/mol. The van der Waals surface area contributed by atoms with Crippen LogP contribution in [0, 0.1) is 0 Å². The van der Waals surface area contributed by atoms with Gasteiger partial charge in [0.05, 0.1) is 17.9 Å². The zero-order valence-electron chi connectivity index (χ0n) is 16.1. The van der Waals surface area contributed by atoms with Gasteiger partial charge in [0.2, 0.25) is 0 Å². The molecule has 144 valence electrons. The van der Waals surface area contributed by atoms with Crippen molar-refractivity contribution in [2.45, 2.75) is 6.54 Å². The minimum absolute atomic E-state index is 0.0905. The molecule has 6 nitrogen and oxygen atoms in total. The standard InChI is InChI=1S/C22H25N5O/c1-25-13-15-26(16-14-25)21-6-3-2-5-20(21)24-22(28)19-9-7-18(8-10-19)17-27-12-4-11-23-27/h2-12H,13-17H2,1H3,(H,24,28). The van der Waals surface area contributed by atoms with Crippen LogP contribution in [0.25, 0.3) is 0 Å². The number of carbonyl (C=O) groups excluding carboxylic acids is 1. The summed E-state index contributed by atoms with van der Waals surface area (Å²) in [6, 6.07) is 17.6. The van der Waals surface area contributed by atoms with E-state index in [0.717, 1.165) is 43.1 Å². The monoisotopic (exact) mass is 375 g/mol. The van der Waals surface area contributed by atoms with Crippen molar-refractivity contribution in [2.75, 3.05) is 43.4 Å². The Kier molecular flexibility index (Phi) is 5.39. The van der Waals surface area contributed by atoms with Crippen molar-refractivity contribution in [3.63, 3.8) is 0 Å². The van der Waals surface area contributed by atoms with Gasteiger partial charge in [-0.05, 0) is 42.9 Å². The highest BCUT2D eigenvalue weighted by atomic mass is 16.1. The zero-order valence-corrected chi connectivity index (χ0v) is 16.1. The Morgan fingerprint density at radius 1 is 1.00 bits per heavy atom. The predicted molar refractivity (Wildman–Crippen MR) is 112 cm³/mol. The summed E-state index contributed by atoms with van der Waals surface area (Å²) in [5.41, 5.74) is 3.70. The van der Waals surface area contributed by atoms with Crippen molar-refractivity contribution in [3.05, 3.63) is 78.1 Å². The van der Waals surface area contributed by atoms with Gasteiger partial charge in [0.15, 0.2) is 0 Å². The number of likely N-dealkylation sites (N-methyl/N-ethyl adjacent to an activating group) is 1. The molecule has 0 bridgehead atoms. The first-order chi connectivity index (χ1) is 13.7. The number of hydrogen-bond donors (Lipinski definition) is 1. The molecule has 1 saturated heterocycles. The highest BCUT2D eigenvalue weighted by Gasteiger charge is 2.18. The number of aromatic nitrogens is 2. The summed E-state index contributed by atoms with van der Waals surface area (Å²) in [4.78, 5) is 17.4. The van der Waals surface area contributed by atoms with E-state index in [2.05, 4.69) is 33.3 Å². The topological polar surface area (TPSA) is 53.4 Å². The Labute approximate surface area is 165 Å². The van der Waals surface area contributed by atoms with Crippen molar-refractivity contribution < 1.29 is 4.79 Å². The van der Waals surface area contributed by atoms with E-state index in [1.54, 1.807) is 6.20 Å². The summed E-state index contributed by atoms with van der Waals surface area (Å²) in [7, 11) is 2.14. The molecule has 6 heteroatoms. The zero-order chi connectivity index (χ0) is 19.3. The van der Waals surface area contributed by atoms with E-state index in [1.807, 2.05) is 59.4 Å².